The van der Waals surface area contributed by atoms with E-state index in [1.165, 1.54) is 0 Å². The van der Waals surface area contributed by atoms with Gasteiger partial charge in [0.1, 0.15) is 0 Å². The zero-order chi connectivity index (χ0) is 20.9. The third-order valence-electron chi connectivity index (χ3n) is 7.39. The van der Waals surface area contributed by atoms with Crippen molar-refractivity contribution in [2.24, 2.45) is 16.3 Å². The van der Waals surface area contributed by atoms with E-state index in [0.717, 1.165) is 57.7 Å². The van der Waals surface area contributed by atoms with Crippen LogP contribution >= 0.6 is 24.0 Å². The van der Waals surface area contributed by atoms with Crippen molar-refractivity contribution in [3.8, 4) is 0 Å². The average Bonchev–Trinajstić information content (AvgIpc) is 2.68. The second-order valence-corrected chi connectivity index (χ2v) is 9.14. The van der Waals surface area contributed by atoms with E-state index in [2.05, 4.69) is 62.1 Å². The molecule has 2 fully saturated rings. The Balaban J connectivity index is 0.00000420. The summed E-state index contributed by atoms with van der Waals surface area (Å²) >= 11 is 0. The number of ether oxygens (including phenoxy) is 1. The molecule has 2 unspecified atom stereocenters. The van der Waals surface area contributed by atoms with Crippen LogP contribution in [-0.2, 0) is 9.53 Å². The monoisotopic (exact) mass is 522 g/mol. The predicted molar refractivity (Wildman–Crippen MR) is 131 cm³/mol. The predicted octanol–water partition coefficient (Wildman–Crippen LogP) is 3.79. The minimum atomic E-state index is -0.0945. The Morgan fingerprint density at radius 3 is 2.17 bits per heavy atom. The van der Waals surface area contributed by atoms with Crippen molar-refractivity contribution in [2.45, 2.75) is 91.3 Å². The van der Waals surface area contributed by atoms with E-state index >= 15 is 0 Å². The first kappa shape index (κ1) is 26.5. The highest BCUT2D eigenvalue weighted by atomic mass is 127. The third kappa shape index (κ3) is 5.77. The Bertz CT molecular complexity index is 557. The van der Waals surface area contributed by atoms with Crippen LogP contribution in [0.2, 0.25) is 0 Å². The lowest BCUT2D eigenvalue weighted by Gasteiger charge is -2.59. The van der Waals surface area contributed by atoms with Gasteiger partial charge in [0.25, 0.3) is 0 Å². The normalized spacial score (nSPS) is 27.2. The minimum Gasteiger partial charge on any atom is -0.378 e. The maximum Gasteiger partial charge on any atom is 0.225 e. The number of likely N-dealkylation sites (tertiary alicyclic amines) is 1. The van der Waals surface area contributed by atoms with Crippen molar-refractivity contribution < 1.29 is 9.53 Å². The summed E-state index contributed by atoms with van der Waals surface area (Å²) in [6, 6.07) is 0.701. The molecule has 2 atom stereocenters. The lowest BCUT2D eigenvalue weighted by molar-refractivity contribution is -0.176. The molecule has 29 heavy (non-hydrogen) atoms. The highest BCUT2D eigenvalue weighted by Crippen LogP contribution is 2.51. The molecule has 2 aliphatic rings. The Kier molecular flexibility index (Phi) is 10.2. The van der Waals surface area contributed by atoms with Crippen LogP contribution in [0.15, 0.2) is 4.99 Å². The second kappa shape index (κ2) is 11.2. The standard InChI is InChI=1S/C22H42N4O2.HI/c1-8-16(9-2)19(27)26-13-11-17(12-14-26)24-20(23-10-3)25-18-15-22(6,28-7)21(18,4)5;/h16-18H,8-15H2,1-7H3,(H2,23,24,25);1H. The molecule has 170 valence electrons. The molecule has 1 aliphatic heterocycles. The molecule has 0 spiro atoms. The summed E-state index contributed by atoms with van der Waals surface area (Å²) in [6.07, 6.45) is 4.79. The summed E-state index contributed by atoms with van der Waals surface area (Å²) in [7, 11) is 1.80. The van der Waals surface area contributed by atoms with Gasteiger partial charge < -0.3 is 20.3 Å². The van der Waals surface area contributed by atoms with Gasteiger partial charge >= 0.3 is 0 Å². The van der Waals surface area contributed by atoms with Crippen LogP contribution in [0, 0.1) is 11.3 Å². The highest BCUT2D eigenvalue weighted by Gasteiger charge is 2.58. The Morgan fingerprint density at radius 2 is 1.72 bits per heavy atom. The number of carbonyl (C=O) groups excluding carboxylic acids is 1. The average molecular weight is 523 g/mol. The maximum absolute atomic E-state index is 12.6. The van der Waals surface area contributed by atoms with E-state index in [1.54, 1.807) is 7.11 Å². The van der Waals surface area contributed by atoms with Gasteiger partial charge in [-0.15, -0.1) is 24.0 Å². The van der Waals surface area contributed by atoms with Gasteiger partial charge in [0, 0.05) is 50.2 Å². The van der Waals surface area contributed by atoms with Gasteiger partial charge in [0.15, 0.2) is 5.96 Å². The van der Waals surface area contributed by atoms with Crippen molar-refractivity contribution in [1.82, 2.24) is 15.5 Å². The van der Waals surface area contributed by atoms with Crippen LogP contribution in [-0.4, -0.2) is 61.2 Å². The molecule has 1 saturated heterocycles. The SMILES string of the molecule is CCN=C(NC1CCN(C(=O)C(CC)CC)CC1)NC1CC(C)(OC)C1(C)C.I. The number of piperidine rings is 1. The minimum absolute atomic E-state index is 0. The van der Waals surface area contributed by atoms with Crippen LogP contribution < -0.4 is 10.6 Å². The number of amides is 1. The fourth-order valence-electron chi connectivity index (χ4n) is 4.51. The number of nitrogens with one attached hydrogen (secondary N) is 2. The largest absolute Gasteiger partial charge is 0.378 e. The second-order valence-electron chi connectivity index (χ2n) is 9.14. The molecule has 0 aromatic heterocycles. The molecular weight excluding hydrogens is 479 g/mol. The molecule has 0 aromatic rings. The van der Waals surface area contributed by atoms with Crippen LogP contribution in [0.5, 0.6) is 0 Å². The van der Waals surface area contributed by atoms with Crippen LogP contribution in [0.4, 0.5) is 0 Å². The Labute approximate surface area is 195 Å². The number of aliphatic imine (C=N–C) groups is 1. The van der Waals surface area contributed by atoms with E-state index in [9.17, 15) is 4.79 Å². The lowest BCUT2D eigenvalue weighted by Crippen LogP contribution is -2.70. The fraction of sp³-hybridized carbons (Fsp3) is 0.909. The fourth-order valence-corrected chi connectivity index (χ4v) is 4.51. The first-order valence-electron chi connectivity index (χ1n) is 11.1. The quantitative estimate of drug-likeness (QED) is 0.304. The number of methoxy groups -OCH3 is 1. The lowest BCUT2D eigenvalue weighted by atomic mass is 9.56. The van der Waals surface area contributed by atoms with Gasteiger partial charge in [-0.1, -0.05) is 27.7 Å². The first-order chi connectivity index (χ1) is 13.2. The molecule has 6 nitrogen and oxygen atoms in total. The maximum atomic E-state index is 12.6. The van der Waals surface area contributed by atoms with E-state index in [-0.39, 0.29) is 40.9 Å². The smallest absolute Gasteiger partial charge is 0.225 e. The Morgan fingerprint density at radius 1 is 1.14 bits per heavy atom. The number of guanidine groups is 1. The number of carbonyl (C=O) groups is 1. The molecule has 0 aromatic carbocycles. The molecule has 0 bridgehead atoms. The number of nitrogens with zero attached hydrogens (tertiary/aromatic N) is 2. The number of rotatable bonds is 7. The van der Waals surface area contributed by atoms with Crippen molar-refractivity contribution in [3.63, 3.8) is 0 Å². The van der Waals surface area contributed by atoms with Crippen molar-refractivity contribution in [1.29, 1.82) is 0 Å². The topological polar surface area (TPSA) is 66.0 Å². The molecule has 1 saturated carbocycles. The summed E-state index contributed by atoms with van der Waals surface area (Å²) in [5.74, 6) is 1.40. The number of halogens is 1. The van der Waals surface area contributed by atoms with Gasteiger partial charge in [0.2, 0.25) is 5.91 Å². The van der Waals surface area contributed by atoms with Crippen molar-refractivity contribution in [3.05, 3.63) is 0 Å². The Hall–Kier alpha value is -0.570. The van der Waals surface area contributed by atoms with E-state index < -0.39 is 0 Å². The summed E-state index contributed by atoms with van der Waals surface area (Å²) < 4.78 is 5.74. The van der Waals surface area contributed by atoms with Gasteiger partial charge in [-0.05, 0) is 46.0 Å². The molecule has 0 radical (unpaired) electrons. The molecular formula is C22H43IN4O2. The van der Waals surface area contributed by atoms with Crippen LogP contribution in [0.1, 0.15) is 73.6 Å². The molecule has 1 amide bonds. The van der Waals surface area contributed by atoms with Gasteiger partial charge in [0.05, 0.1) is 5.60 Å². The van der Waals surface area contributed by atoms with Gasteiger partial charge in [-0.25, -0.2) is 0 Å². The number of hydrogen-bond acceptors (Lipinski definition) is 3. The third-order valence-corrected chi connectivity index (χ3v) is 7.39. The molecule has 1 aliphatic carbocycles. The first-order valence-corrected chi connectivity index (χ1v) is 11.1. The summed E-state index contributed by atoms with van der Waals surface area (Å²) in [4.78, 5) is 19.3. The van der Waals surface area contributed by atoms with E-state index in [0.29, 0.717) is 18.0 Å². The highest BCUT2D eigenvalue weighted by molar-refractivity contribution is 14.0. The molecule has 7 heteroatoms. The molecule has 2 N–H and O–H groups in total. The zero-order valence-electron chi connectivity index (χ0n) is 19.5. The zero-order valence-corrected chi connectivity index (χ0v) is 21.8. The molecule has 2 rings (SSSR count). The molecule has 1 heterocycles. The van der Waals surface area contributed by atoms with E-state index in [4.69, 9.17) is 4.74 Å². The van der Waals surface area contributed by atoms with Crippen LogP contribution in [0.3, 0.4) is 0 Å². The number of hydrogen-bond donors (Lipinski definition) is 2. The summed E-state index contributed by atoms with van der Waals surface area (Å²) in [6.45, 7) is 15.4. The summed E-state index contributed by atoms with van der Waals surface area (Å²) in [5, 5.41) is 7.25. The van der Waals surface area contributed by atoms with Gasteiger partial charge in [-0.3, -0.25) is 9.79 Å². The van der Waals surface area contributed by atoms with Crippen molar-refractivity contribution in [2.75, 3.05) is 26.7 Å². The van der Waals surface area contributed by atoms with Crippen molar-refractivity contribution >= 4 is 35.8 Å². The van der Waals surface area contributed by atoms with E-state index in [1.807, 2.05) is 0 Å². The summed E-state index contributed by atoms with van der Waals surface area (Å²) in [5.41, 5.74) is -0.0498. The van der Waals surface area contributed by atoms with Crippen LogP contribution in [0.25, 0.3) is 0 Å². The van der Waals surface area contributed by atoms with Gasteiger partial charge in [-0.2, -0.15) is 0 Å².